The Morgan fingerprint density at radius 1 is 0.317 bits per heavy atom. The van der Waals surface area contributed by atoms with Crippen molar-refractivity contribution in [3.8, 4) is 0 Å². The summed E-state index contributed by atoms with van der Waals surface area (Å²) < 4.78 is 23.7. The Hall–Kier alpha value is 0.150. The van der Waals surface area contributed by atoms with Gasteiger partial charge in [-0.05, 0) is 12.8 Å². The second kappa shape index (κ2) is 34.6. The van der Waals surface area contributed by atoms with Gasteiger partial charge in [0.1, 0.15) is 0 Å². The van der Waals surface area contributed by atoms with Gasteiger partial charge in [-0.15, -0.1) is 0 Å². The van der Waals surface area contributed by atoms with E-state index in [2.05, 4.69) is 13.8 Å². The molecule has 0 N–H and O–H groups in total. The van der Waals surface area contributed by atoms with E-state index < -0.39 is 7.60 Å². The molecule has 0 aromatic rings. The maximum Gasteiger partial charge on any atom is 0.327 e. The summed E-state index contributed by atoms with van der Waals surface area (Å²) in [7, 11) is -2.87. The summed E-state index contributed by atoms with van der Waals surface area (Å²) in [6.07, 6.45) is 43.6. The molecule has 0 heterocycles. The van der Waals surface area contributed by atoms with Crippen molar-refractivity contribution >= 4 is 7.60 Å². The Morgan fingerprint density at radius 3 is 0.683 bits per heavy atom. The maximum atomic E-state index is 12.5. The molecule has 0 amide bonds. The summed E-state index contributed by atoms with van der Waals surface area (Å²) in [6.45, 7) is 7.37. The van der Waals surface area contributed by atoms with Gasteiger partial charge < -0.3 is 9.05 Å². The van der Waals surface area contributed by atoms with E-state index in [1.807, 2.05) is 0 Å². The fraction of sp³-hybridized carbons (Fsp3) is 1.00. The first kappa shape index (κ1) is 41.1. The minimum Gasteiger partial charge on any atom is -0.309 e. The second-order valence-corrected chi connectivity index (χ2v) is 15.1. The van der Waals surface area contributed by atoms with Crippen molar-refractivity contribution in [3.05, 3.63) is 0 Å². The average Bonchev–Trinajstić information content (AvgIpc) is 2.96. The van der Waals surface area contributed by atoms with Gasteiger partial charge in [0.15, 0.2) is 0 Å². The van der Waals surface area contributed by atoms with Crippen molar-refractivity contribution < 1.29 is 13.6 Å². The highest BCUT2D eigenvalue weighted by Crippen LogP contribution is 2.44. The zero-order valence-electron chi connectivity index (χ0n) is 28.7. The summed E-state index contributed by atoms with van der Waals surface area (Å²) in [5.41, 5.74) is 0. The molecule has 248 valence electrons. The first-order chi connectivity index (χ1) is 20.1. The Kier molecular flexibility index (Phi) is 34.8. The molecule has 0 aliphatic carbocycles. The van der Waals surface area contributed by atoms with Gasteiger partial charge in [-0.25, -0.2) is 0 Å². The number of hydrogen-bond acceptors (Lipinski definition) is 3. The van der Waals surface area contributed by atoms with Crippen molar-refractivity contribution in [1.29, 1.82) is 0 Å². The smallest absolute Gasteiger partial charge is 0.309 e. The topological polar surface area (TPSA) is 35.5 Å². The minimum atomic E-state index is -2.87. The van der Waals surface area contributed by atoms with Gasteiger partial charge >= 0.3 is 7.60 Å². The van der Waals surface area contributed by atoms with Gasteiger partial charge in [0, 0.05) is 6.66 Å². The third-order valence-electron chi connectivity index (χ3n) is 8.65. The third-order valence-corrected chi connectivity index (χ3v) is 9.95. The number of hydrogen-bond donors (Lipinski definition) is 0. The zero-order chi connectivity index (χ0) is 30.0. The number of rotatable bonds is 36. The van der Waals surface area contributed by atoms with Gasteiger partial charge in [0.05, 0.1) is 13.2 Å². The third kappa shape index (κ3) is 36.2. The average molecular weight is 601 g/mol. The molecule has 41 heavy (non-hydrogen) atoms. The molecule has 0 atom stereocenters. The lowest BCUT2D eigenvalue weighted by Gasteiger charge is -2.14. The molecular weight excluding hydrogens is 523 g/mol. The molecule has 0 radical (unpaired) electrons. The molecule has 0 aromatic heterocycles. The summed E-state index contributed by atoms with van der Waals surface area (Å²) in [5.74, 6) is 0. The summed E-state index contributed by atoms with van der Waals surface area (Å²) in [6, 6.07) is 0. The first-order valence-corrected chi connectivity index (χ1v) is 21.0. The van der Waals surface area contributed by atoms with Crippen LogP contribution in [0, 0.1) is 0 Å². The molecular formula is C37H77O3P. The maximum absolute atomic E-state index is 12.5. The molecule has 0 aliphatic heterocycles. The van der Waals surface area contributed by atoms with E-state index in [0.29, 0.717) is 13.2 Å². The van der Waals surface area contributed by atoms with Gasteiger partial charge in [0.2, 0.25) is 0 Å². The Morgan fingerprint density at radius 2 is 0.488 bits per heavy atom. The predicted octanol–water partition coefficient (Wildman–Crippen LogP) is 14.4. The van der Waals surface area contributed by atoms with Crippen LogP contribution in [0.4, 0.5) is 0 Å². The Balaban J connectivity index is 3.26. The van der Waals surface area contributed by atoms with E-state index in [0.717, 1.165) is 12.8 Å². The molecule has 3 nitrogen and oxygen atoms in total. The van der Waals surface area contributed by atoms with Crippen LogP contribution in [-0.4, -0.2) is 19.9 Å². The van der Waals surface area contributed by atoms with Crippen LogP contribution >= 0.6 is 7.60 Å². The Labute approximate surface area is 260 Å². The summed E-state index contributed by atoms with van der Waals surface area (Å²) in [5, 5.41) is 0. The molecule has 4 heteroatoms. The summed E-state index contributed by atoms with van der Waals surface area (Å²) in [4.78, 5) is 0. The van der Waals surface area contributed by atoms with Crippen LogP contribution in [0.1, 0.15) is 219 Å². The molecule has 0 aliphatic rings. The van der Waals surface area contributed by atoms with Crippen molar-refractivity contribution in [2.24, 2.45) is 0 Å². The van der Waals surface area contributed by atoms with Gasteiger partial charge in [-0.3, -0.25) is 4.57 Å². The highest BCUT2D eigenvalue weighted by atomic mass is 31.2. The van der Waals surface area contributed by atoms with E-state index in [-0.39, 0.29) is 0 Å². The van der Waals surface area contributed by atoms with E-state index in [9.17, 15) is 4.57 Å². The molecule has 0 rings (SSSR count). The van der Waals surface area contributed by atoms with Crippen molar-refractivity contribution in [2.75, 3.05) is 19.9 Å². The first-order valence-electron chi connectivity index (χ1n) is 19.0. The van der Waals surface area contributed by atoms with Crippen LogP contribution in [0.3, 0.4) is 0 Å². The van der Waals surface area contributed by atoms with Crippen molar-refractivity contribution in [3.63, 3.8) is 0 Å². The molecule has 0 bridgehead atoms. The van der Waals surface area contributed by atoms with Crippen LogP contribution in [0.15, 0.2) is 0 Å². The SMILES string of the molecule is CCCCCCCCCCCCCCCCCCOP(C)(=O)OCCCCCCCCCCCCCCCCCC. The molecule has 0 aromatic carbocycles. The zero-order valence-corrected chi connectivity index (χ0v) is 29.6. The van der Waals surface area contributed by atoms with Crippen molar-refractivity contribution in [1.82, 2.24) is 0 Å². The molecule has 0 fully saturated rings. The van der Waals surface area contributed by atoms with Crippen molar-refractivity contribution in [2.45, 2.75) is 219 Å². The monoisotopic (exact) mass is 601 g/mol. The standard InChI is InChI=1S/C37H77O3P/c1-4-6-8-10-12-14-16-18-20-22-24-26-28-30-32-34-36-39-41(3,38)40-37-35-33-31-29-27-25-23-21-19-17-15-13-11-9-7-5-2/h4-37H2,1-3H3. The summed E-state index contributed by atoms with van der Waals surface area (Å²) >= 11 is 0. The molecule has 0 saturated heterocycles. The van der Waals surface area contributed by atoms with Crippen LogP contribution in [0.25, 0.3) is 0 Å². The minimum absolute atomic E-state index is 0.575. The van der Waals surface area contributed by atoms with Crippen LogP contribution < -0.4 is 0 Å². The normalized spacial score (nSPS) is 12.0. The van der Waals surface area contributed by atoms with Crippen LogP contribution in [-0.2, 0) is 13.6 Å². The molecule has 0 saturated carbocycles. The second-order valence-electron chi connectivity index (χ2n) is 13.0. The van der Waals surface area contributed by atoms with E-state index in [4.69, 9.17) is 9.05 Å². The van der Waals surface area contributed by atoms with E-state index in [1.54, 1.807) is 6.66 Å². The molecule has 0 spiro atoms. The lowest BCUT2D eigenvalue weighted by molar-refractivity contribution is 0.202. The highest BCUT2D eigenvalue weighted by molar-refractivity contribution is 7.52. The lowest BCUT2D eigenvalue weighted by Crippen LogP contribution is -1.98. The predicted molar refractivity (Wildman–Crippen MR) is 185 cm³/mol. The van der Waals surface area contributed by atoms with Crippen LogP contribution in [0.2, 0.25) is 0 Å². The van der Waals surface area contributed by atoms with Gasteiger partial charge in [-0.2, -0.15) is 0 Å². The van der Waals surface area contributed by atoms with E-state index in [1.165, 1.54) is 193 Å². The highest BCUT2D eigenvalue weighted by Gasteiger charge is 2.16. The lowest BCUT2D eigenvalue weighted by atomic mass is 10.0. The largest absolute Gasteiger partial charge is 0.327 e. The molecule has 0 unspecified atom stereocenters. The van der Waals surface area contributed by atoms with Gasteiger partial charge in [0.25, 0.3) is 0 Å². The Bertz CT molecular complexity index is 482. The van der Waals surface area contributed by atoms with E-state index >= 15 is 0 Å². The van der Waals surface area contributed by atoms with Crippen LogP contribution in [0.5, 0.6) is 0 Å². The fourth-order valence-electron chi connectivity index (χ4n) is 5.80. The van der Waals surface area contributed by atoms with Gasteiger partial charge in [-0.1, -0.05) is 206 Å². The quantitative estimate of drug-likeness (QED) is 0.0530. The number of unbranched alkanes of at least 4 members (excludes halogenated alkanes) is 30. The fourth-order valence-corrected chi connectivity index (χ4v) is 6.79.